The predicted molar refractivity (Wildman–Crippen MR) is 57.1 cm³/mol. The van der Waals surface area contributed by atoms with E-state index in [9.17, 15) is 14.0 Å². The zero-order valence-electron chi connectivity index (χ0n) is 9.36. The molecule has 1 aromatic rings. The Balaban J connectivity index is 3.47. The molecule has 0 saturated heterocycles. The van der Waals surface area contributed by atoms with Crippen molar-refractivity contribution < 1.29 is 23.8 Å². The number of hydrogen-bond acceptors (Lipinski definition) is 3. The van der Waals surface area contributed by atoms with E-state index in [0.29, 0.717) is 0 Å². The molecule has 0 spiro atoms. The predicted octanol–water partition coefficient (Wildman–Crippen LogP) is 0.880. The highest BCUT2D eigenvalue weighted by atomic mass is 19.1. The highest BCUT2D eigenvalue weighted by molar-refractivity contribution is 5.83. The van der Waals surface area contributed by atoms with Crippen molar-refractivity contribution in [1.29, 1.82) is 0 Å². The molecule has 1 aromatic carbocycles. The van der Waals surface area contributed by atoms with Crippen LogP contribution in [-0.4, -0.2) is 24.6 Å². The second-order valence-electron chi connectivity index (χ2n) is 3.51. The fourth-order valence-electron chi connectivity index (χ4n) is 1.52. The van der Waals surface area contributed by atoms with Gasteiger partial charge in [-0.25, -0.2) is 9.18 Å². The summed E-state index contributed by atoms with van der Waals surface area (Å²) in [4.78, 5) is 21.7. The number of carboxylic acid groups (broad SMARTS) is 1. The van der Waals surface area contributed by atoms with Crippen molar-refractivity contribution in [2.24, 2.45) is 0 Å². The van der Waals surface area contributed by atoms with Gasteiger partial charge in [0.2, 0.25) is 6.41 Å². The van der Waals surface area contributed by atoms with Gasteiger partial charge in [0.15, 0.2) is 5.54 Å². The van der Waals surface area contributed by atoms with E-state index in [2.05, 4.69) is 5.32 Å². The Hall–Kier alpha value is -2.11. The van der Waals surface area contributed by atoms with Gasteiger partial charge < -0.3 is 15.2 Å². The number of nitrogens with one attached hydrogen (secondary N) is 1. The minimum atomic E-state index is -1.88. The smallest absolute Gasteiger partial charge is 0.334 e. The van der Waals surface area contributed by atoms with Gasteiger partial charge in [-0.05, 0) is 19.1 Å². The first-order valence-corrected chi connectivity index (χ1v) is 4.75. The third kappa shape index (κ3) is 2.20. The Morgan fingerprint density at radius 3 is 2.71 bits per heavy atom. The summed E-state index contributed by atoms with van der Waals surface area (Å²) in [5.74, 6) is -2.08. The number of methoxy groups -OCH3 is 1. The number of hydrogen-bond donors (Lipinski definition) is 2. The average molecular weight is 241 g/mol. The molecule has 0 aromatic heterocycles. The number of halogens is 1. The highest BCUT2D eigenvalue weighted by Crippen LogP contribution is 2.32. The maximum atomic E-state index is 13.7. The van der Waals surface area contributed by atoms with Crippen LogP contribution in [0.2, 0.25) is 0 Å². The summed E-state index contributed by atoms with van der Waals surface area (Å²) >= 11 is 0. The number of carbonyl (C=O) groups is 2. The molecule has 92 valence electrons. The molecule has 1 unspecified atom stereocenters. The van der Waals surface area contributed by atoms with E-state index in [-0.39, 0.29) is 17.7 Å². The maximum Gasteiger partial charge on any atom is 0.334 e. The molecular weight excluding hydrogens is 229 g/mol. The summed E-state index contributed by atoms with van der Waals surface area (Å²) in [6, 6.07) is 3.92. The van der Waals surface area contributed by atoms with E-state index < -0.39 is 17.3 Å². The second kappa shape index (κ2) is 4.82. The van der Waals surface area contributed by atoms with Gasteiger partial charge in [0.05, 0.1) is 12.7 Å². The van der Waals surface area contributed by atoms with Gasteiger partial charge >= 0.3 is 5.97 Å². The first kappa shape index (κ1) is 13.0. The Morgan fingerprint density at radius 1 is 1.59 bits per heavy atom. The lowest BCUT2D eigenvalue weighted by molar-refractivity contribution is -0.146. The molecule has 1 atom stereocenters. The molecule has 17 heavy (non-hydrogen) atoms. The number of amides is 1. The highest BCUT2D eigenvalue weighted by Gasteiger charge is 2.39. The summed E-state index contributed by atoms with van der Waals surface area (Å²) < 4.78 is 18.6. The first-order valence-electron chi connectivity index (χ1n) is 4.75. The van der Waals surface area contributed by atoms with Gasteiger partial charge in [-0.2, -0.15) is 0 Å². The molecule has 0 aliphatic rings. The van der Waals surface area contributed by atoms with Crippen LogP contribution in [0.4, 0.5) is 4.39 Å². The van der Waals surface area contributed by atoms with Gasteiger partial charge in [0.25, 0.3) is 0 Å². The molecule has 0 saturated carbocycles. The van der Waals surface area contributed by atoms with Crippen molar-refractivity contribution in [2.75, 3.05) is 7.11 Å². The lowest BCUT2D eigenvalue weighted by atomic mass is 9.91. The Morgan fingerprint density at radius 2 is 2.24 bits per heavy atom. The molecule has 0 radical (unpaired) electrons. The van der Waals surface area contributed by atoms with Crippen molar-refractivity contribution in [2.45, 2.75) is 12.5 Å². The largest absolute Gasteiger partial charge is 0.496 e. The molecule has 0 fully saturated rings. The molecule has 1 amide bonds. The minimum Gasteiger partial charge on any atom is -0.496 e. The van der Waals surface area contributed by atoms with E-state index in [0.717, 1.165) is 6.07 Å². The van der Waals surface area contributed by atoms with Crippen LogP contribution in [0, 0.1) is 5.82 Å². The number of ether oxygens (including phenoxy) is 1. The number of carbonyl (C=O) groups excluding carboxylic acids is 1. The minimum absolute atomic E-state index is 0.0595. The molecule has 2 N–H and O–H groups in total. The summed E-state index contributed by atoms with van der Waals surface area (Å²) in [6.45, 7) is 1.19. The van der Waals surface area contributed by atoms with Gasteiger partial charge in [-0.3, -0.25) is 4.79 Å². The molecule has 0 bridgehead atoms. The lowest BCUT2D eigenvalue weighted by Crippen LogP contribution is -2.46. The summed E-state index contributed by atoms with van der Waals surface area (Å²) in [5, 5.41) is 11.2. The molecule has 1 rings (SSSR count). The molecular formula is C11H12FNO4. The molecule has 5 nitrogen and oxygen atoms in total. The van der Waals surface area contributed by atoms with E-state index in [1.807, 2.05) is 0 Å². The number of rotatable bonds is 5. The van der Waals surface area contributed by atoms with Crippen molar-refractivity contribution in [3.05, 3.63) is 29.6 Å². The number of aliphatic carboxylic acids is 1. The van der Waals surface area contributed by atoms with Crippen LogP contribution in [0.1, 0.15) is 12.5 Å². The summed E-state index contributed by atoms with van der Waals surface area (Å²) in [6.07, 6.45) is 0.208. The summed E-state index contributed by atoms with van der Waals surface area (Å²) in [7, 11) is 1.29. The average Bonchev–Trinajstić information content (AvgIpc) is 2.28. The van der Waals surface area contributed by atoms with Crippen LogP contribution >= 0.6 is 0 Å². The molecule has 6 heteroatoms. The van der Waals surface area contributed by atoms with Crippen molar-refractivity contribution in [3.63, 3.8) is 0 Å². The van der Waals surface area contributed by atoms with Crippen LogP contribution < -0.4 is 10.1 Å². The van der Waals surface area contributed by atoms with Crippen molar-refractivity contribution in [1.82, 2.24) is 5.32 Å². The normalized spacial score (nSPS) is 13.6. The third-order valence-corrected chi connectivity index (χ3v) is 2.47. The first-order chi connectivity index (χ1) is 7.97. The van der Waals surface area contributed by atoms with Crippen LogP contribution in [0.3, 0.4) is 0 Å². The van der Waals surface area contributed by atoms with E-state index in [1.165, 1.54) is 26.2 Å². The quantitative estimate of drug-likeness (QED) is 0.750. The molecule has 0 aliphatic carbocycles. The Kier molecular flexibility index (Phi) is 3.67. The Bertz CT molecular complexity index is 449. The second-order valence-corrected chi connectivity index (χ2v) is 3.51. The fraction of sp³-hybridized carbons (Fsp3) is 0.273. The topological polar surface area (TPSA) is 75.6 Å². The third-order valence-electron chi connectivity index (χ3n) is 2.47. The number of benzene rings is 1. The van der Waals surface area contributed by atoms with E-state index in [1.54, 1.807) is 0 Å². The lowest BCUT2D eigenvalue weighted by Gasteiger charge is -2.26. The Labute approximate surface area is 97.2 Å². The van der Waals surface area contributed by atoms with Gasteiger partial charge in [0.1, 0.15) is 11.6 Å². The zero-order valence-corrected chi connectivity index (χ0v) is 9.36. The maximum absolute atomic E-state index is 13.7. The van der Waals surface area contributed by atoms with Gasteiger partial charge in [-0.1, -0.05) is 6.07 Å². The van der Waals surface area contributed by atoms with Crippen molar-refractivity contribution >= 4 is 12.4 Å². The van der Waals surface area contributed by atoms with E-state index >= 15 is 0 Å². The van der Waals surface area contributed by atoms with E-state index in [4.69, 9.17) is 9.84 Å². The van der Waals surface area contributed by atoms with Crippen LogP contribution in [0.5, 0.6) is 5.75 Å². The fourth-order valence-corrected chi connectivity index (χ4v) is 1.52. The van der Waals surface area contributed by atoms with Crippen LogP contribution in [0.25, 0.3) is 0 Å². The number of carboxylic acids is 1. The summed E-state index contributed by atoms with van der Waals surface area (Å²) in [5.41, 5.74) is -2.10. The van der Waals surface area contributed by atoms with Crippen molar-refractivity contribution in [3.8, 4) is 5.75 Å². The SMILES string of the molecule is COc1cccc(F)c1C(C)(NC=O)C(=O)O. The van der Waals surface area contributed by atoms with Crippen LogP contribution in [-0.2, 0) is 15.1 Å². The monoisotopic (exact) mass is 241 g/mol. The standard InChI is InChI=1S/C11H12FNO4/c1-11(10(15)16,13-6-14)9-7(12)4-3-5-8(9)17-2/h3-6H,1-2H3,(H,13,14)(H,15,16). The molecule has 0 heterocycles. The van der Waals surface area contributed by atoms with Gasteiger partial charge in [0, 0.05) is 0 Å². The molecule has 0 aliphatic heterocycles. The van der Waals surface area contributed by atoms with Crippen LogP contribution in [0.15, 0.2) is 18.2 Å². The zero-order chi connectivity index (χ0) is 13.1. The van der Waals surface area contributed by atoms with Gasteiger partial charge in [-0.15, -0.1) is 0 Å².